The van der Waals surface area contributed by atoms with Gasteiger partial charge in [-0.15, -0.1) is 11.8 Å². The summed E-state index contributed by atoms with van der Waals surface area (Å²) < 4.78 is 0. The lowest BCUT2D eigenvalue weighted by atomic mass is 10.2. The Bertz CT molecular complexity index is 393. The van der Waals surface area contributed by atoms with E-state index < -0.39 is 5.97 Å². The highest BCUT2D eigenvalue weighted by atomic mass is 32.2. The predicted molar refractivity (Wildman–Crippen MR) is 70.8 cm³/mol. The van der Waals surface area contributed by atoms with Crippen molar-refractivity contribution in [2.75, 3.05) is 0 Å². The Kier molecular flexibility index (Phi) is 5.48. The van der Waals surface area contributed by atoms with Gasteiger partial charge in [0.15, 0.2) is 0 Å². The van der Waals surface area contributed by atoms with Crippen molar-refractivity contribution in [1.82, 2.24) is 4.98 Å². The fourth-order valence-electron chi connectivity index (χ4n) is 1.42. The van der Waals surface area contributed by atoms with Crippen LogP contribution in [0.15, 0.2) is 17.2 Å². The first-order valence-corrected chi connectivity index (χ1v) is 6.85. The quantitative estimate of drug-likeness (QED) is 0.787. The van der Waals surface area contributed by atoms with Crippen molar-refractivity contribution in [3.05, 3.63) is 23.4 Å². The Labute approximate surface area is 107 Å². The van der Waals surface area contributed by atoms with Crippen molar-refractivity contribution >= 4 is 17.7 Å². The number of carboxylic acids is 1. The molecule has 0 radical (unpaired) electrons. The first kappa shape index (κ1) is 14.0. The molecule has 0 amide bonds. The monoisotopic (exact) mass is 253 g/mol. The van der Waals surface area contributed by atoms with Gasteiger partial charge in [-0.25, -0.2) is 9.78 Å². The summed E-state index contributed by atoms with van der Waals surface area (Å²) in [7, 11) is 0. The van der Waals surface area contributed by atoms with Crippen LogP contribution in [-0.4, -0.2) is 21.3 Å². The molecule has 4 heteroatoms. The van der Waals surface area contributed by atoms with E-state index in [1.807, 2.05) is 0 Å². The maximum Gasteiger partial charge on any atom is 0.335 e. The van der Waals surface area contributed by atoms with Gasteiger partial charge in [-0.05, 0) is 25.0 Å². The third-order valence-electron chi connectivity index (χ3n) is 2.50. The van der Waals surface area contributed by atoms with Gasteiger partial charge in [0.1, 0.15) is 0 Å². The Morgan fingerprint density at radius 3 is 2.71 bits per heavy atom. The van der Waals surface area contributed by atoms with E-state index in [9.17, 15) is 4.79 Å². The first-order valence-electron chi connectivity index (χ1n) is 5.97. The highest BCUT2D eigenvalue weighted by Crippen LogP contribution is 2.24. The number of thioether (sulfide) groups is 1. The first-order chi connectivity index (χ1) is 8.06. The summed E-state index contributed by atoms with van der Waals surface area (Å²) in [4.78, 5) is 15.5. The number of rotatable bonds is 6. The molecule has 1 N–H and O–H groups in total. The minimum Gasteiger partial charge on any atom is -0.478 e. The van der Waals surface area contributed by atoms with Crippen LogP contribution in [0.5, 0.6) is 0 Å². The van der Waals surface area contributed by atoms with Crippen molar-refractivity contribution in [3.63, 3.8) is 0 Å². The molecule has 0 fully saturated rings. The lowest BCUT2D eigenvalue weighted by Gasteiger charge is -2.09. The molecule has 0 bridgehead atoms. The average molecular weight is 253 g/mol. The van der Waals surface area contributed by atoms with Crippen LogP contribution in [-0.2, 0) is 6.42 Å². The lowest BCUT2D eigenvalue weighted by molar-refractivity contribution is 0.0696. The van der Waals surface area contributed by atoms with E-state index in [1.54, 1.807) is 23.9 Å². The van der Waals surface area contributed by atoms with Gasteiger partial charge in [0.05, 0.1) is 10.6 Å². The number of hydrogen-bond donors (Lipinski definition) is 1. The lowest BCUT2D eigenvalue weighted by Crippen LogP contribution is -2.03. The number of hydrogen-bond acceptors (Lipinski definition) is 3. The zero-order valence-electron chi connectivity index (χ0n) is 10.6. The maximum absolute atomic E-state index is 11.0. The maximum atomic E-state index is 11.0. The predicted octanol–water partition coefficient (Wildman–Crippen LogP) is 3.62. The number of aromatic carboxylic acids is 1. The molecule has 0 aromatic carbocycles. The fraction of sp³-hybridized carbons (Fsp3) is 0.538. The zero-order valence-corrected chi connectivity index (χ0v) is 11.4. The summed E-state index contributed by atoms with van der Waals surface area (Å²) in [5.41, 5.74) is 1.22. The third-order valence-corrected chi connectivity index (χ3v) is 3.69. The third kappa shape index (κ3) is 4.38. The van der Waals surface area contributed by atoms with Crippen molar-refractivity contribution in [2.45, 2.75) is 50.3 Å². The molecule has 1 rings (SSSR count). The van der Waals surface area contributed by atoms with Crippen LogP contribution in [0.25, 0.3) is 0 Å². The number of carboxylic acid groups (broad SMARTS) is 1. The highest BCUT2D eigenvalue weighted by Gasteiger charge is 2.10. The van der Waals surface area contributed by atoms with E-state index in [0.717, 1.165) is 30.0 Å². The summed E-state index contributed by atoms with van der Waals surface area (Å²) in [6.45, 7) is 6.31. The van der Waals surface area contributed by atoms with Crippen molar-refractivity contribution in [1.29, 1.82) is 0 Å². The second kappa shape index (κ2) is 6.64. The minimum atomic E-state index is -0.879. The van der Waals surface area contributed by atoms with Gasteiger partial charge in [-0.1, -0.05) is 27.2 Å². The second-order valence-electron chi connectivity index (χ2n) is 4.08. The van der Waals surface area contributed by atoms with Gasteiger partial charge in [-0.2, -0.15) is 0 Å². The number of carbonyl (C=O) groups is 1. The van der Waals surface area contributed by atoms with E-state index in [1.165, 1.54) is 0 Å². The fourth-order valence-corrected chi connectivity index (χ4v) is 2.36. The Morgan fingerprint density at radius 2 is 2.18 bits per heavy atom. The number of nitrogens with zero attached hydrogens (tertiary/aromatic N) is 1. The summed E-state index contributed by atoms with van der Waals surface area (Å²) in [5.74, 6) is -0.879. The van der Waals surface area contributed by atoms with Crippen molar-refractivity contribution < 1.29 is 9.90 Å². The molecule has 0 saturated heterocycles. The molecule has 1 aromatic heterocycles. The van der Waals surface area contributed by atoms with Crippen LogP contribution in [0.1, 0.15) is 49.7 Å². The zero-order chi connectivity index (χ0) is 12.8. The number of pyridine rings is 1. The van der Waals surface area contributed by atoms with Crippen LogP contribution in [0.2, 0.25) is 0 Å². The van der Waals surface area contributed by atoms with E-state index in [0.29, 0.717) is 10.8 Å². The van der Waals surface area contributed by atoms with E-state index in [-0.39, 0.29) is 0 Å². The van der Waals surface area contributed by atoms with Crippen molar-refractivity contribution in [3.8, 4) is 0 Å². The Hall–Kier alpha value is -1.03. The van der Waals surface area contributed by atoms with E-state index in [2.05, 4.69) is 25.8 Å². The second-order valence-corrected chi connectivity index (χ2v) is 5.54. The SMILES string of the molecule is CCCc1cc(C(=O)O)cc(SC(C)CC)n1. The molecule has 0 aliphatic heterocycles. The van der Waals surface area contributed by atoms with E-state index >= 15 is 0 Å². The molecular formula is C13H19NO2S. The summed E-state index contributed by atoms with van der Waals surface area (Å²) in [6, 6.07) is 3.34. The van der Waals surface area contributed by atoms with E-state index in [4.69, 9.17) is 5.11 Å². The topological polar surface area (TPSA) is 50.2 Å². The minimum absolute atomic E-state index is 0.342. The van der Waals surface area contributed by atoms with Crippen LogP contribution in [0.3, 0.4) is 0 Å². The molecule has 1 unspecified atom stereocenters. The van der Waals surface area contributed by atoms with Crippen LogP contribution in [0, 0.1) is 0 Å². The normalized spacial score (nSPS) is 12.4. The Morgan fingerprint density at radius 1 is 1.47 bits per heavy atom. The van der Waals surface area contributed by atoms with Gasteiger partial charge in [0.2, 0.25) is 0 Å². The standard InChI is InChI=1S/C13H19NO2S/c1-4-6-11-7-10(13(15)16)8-12(14-11)17-9(3)5-2/h7-9H,4-6H2,1-3H3,(H,15,16). The summed E-state index contributed by atoms with van der Waals surface area (Å²) >= 11 is 1.64. The smallest absolute Gasteiger partial charge is 0.335 e. The van der Waals surface area contributed by atoms with Crippen LogP contribution in [0.4, 0.5) is 0 Å². The Balaban J connectivity index is 2.99. The molecule has 0 aliphatic rings. The van der Waals surface area contributed by atoms with Crippen molar-refractivity contribution in [2.24, 2.45) is 0 Å². The number of aromatic nitrogens is 1. The molecule has 1 atom stereocenters. The molecule has 17 heavy (non-hydrogen) atoms. The molecule has 3 nitrogen and oxygen atoms in total. The average Bonchev–Trinajstić information content (AvgIpc) is 2.29. The van der Waals surface area contributed by atoms with Gasteiger partial charge in [0, 0.05) is 10.9 Å². The van der Waals surface area contributed by atoms with Crippen LogP contribution < -0.4 is 0 Å². The summed E-state index contributed by atoms with van der Waals surface area (Å²) in [6.07, 6.45) is 2.85. The number of aryl methyl sites for hydroxylation is 1. The molecule has 0 spiro atoms. The van der Waals surface area contributed by atoms with Gasteiger partial charge < -0.3 is 5.11 Å². The molecule has 94 valence electrons. The molecule has 1 aromatic rings. The summed E-state index contributed by atoms with van der Waals surface area (Å²) in [5, 5.41) is 10.3. The van der Waals surface area contributed by atoms with Gasteiger partial charge in [-0.3, -0.25) is 0 Å². The van der Waals surface area contributed by atoms with Gasteiger partial charge >= 0.3 is 5.97 Å². The highest BCUT2D eigenvalue weighted by molar-refractivity contribution is 7.99. The van der Waals surface area contributed by atoms with Gasteiger partial charge in [0.25, 0.3) is 0 Å². The van der Waals surface area contributed by atoms with Crippen LogP contribution >= 0.6 is 11.8 Å². The molecule has 0 aliphatic carbocycles. The molecule has 1 heterocycles. The molecular weight excluding hydrogens is 234 g/mol. The largest absolute Gasteiger partial charge is 0.478 e. The molecule has 0 saturated carbocycles.